The van der Waals surface area contributed by atoms with E-state index in [0.717, 1.165) is 175 Å². The van der Waals surface area contributed by atoms with Crippen molar-refractivity contribution >= 4 is 101 Å². The van der Waals surface area contributed by atoms with E-state index in [1.54, 1.807) is 24.8 Å². The van der Waals surface area contributed by atoms with Crippen molar-refractivity contribution in [3.05, 3.63) is 151 Å². The number of nitrogen functional groups attached to an aromatic ring is 1. The van der Waals surface area contributed by atoms with Gasteiger partial charge in [0.05, 0.1) is 81.6 Å². The van der Waals surface area contributed by atoms with Crippen LogP contribution in [0.3, 0.4) is 0 Å². The Kier molecular flexibility index (Phi) is 27.0. The molecule has 0 aromatic carbocycles. The molecule has 9 aromatic rings. The molecule has 0 saturated carbocycles. The maximum atomic E-state index is 10.8. The lowest BCUT2D eigenvalue weighted by atomic mass is 10.1. The van der Waals surface area contributed by atoms with Crippen LogP contribution in [0.25, 0.3) is 22.1 Å². The lowest BCUT2D eigenvalue weighted by molar-refractivity contribution is -0.386. The SMILES string of the molecule is CCc1cc(Br)ncc1[N+](=O)[O-].CCc1cc(N2CC[C@H](C)C2)ncc1N.CCc1cc(N2CC[C@H](C)C2)ncc1N(C)c1cc2c(cn1)ncn2C.CCc1cc(N2CC[C@H](C)C2)ncc1Nc1cc2c(cn1)ncn2C.CCc1cc(N2CC[C@H](C)C2)ncc1[N+](=O)[O-].C[C@H]1CCNC1. The van der Waals surface area contributed by atoms with Gasteiger partial charge in [-0.25, -0.2) is 44.9 Å². The predicted octanol–water partition coefficient (Wildman–Crippen LogP) is 14.5. The number of hydrogen-bond acceptors (Lipinski definition) is 21. The van der Waals surface area contributed by atoms with Crippen molar-refractivity contribution in [3.8, 4) is 0 Å². The Hall–Kier alpha value is -9.17. The first kappa shape index (κ1) is 76.0. The van der Waals surface area contributed by atoms with Gasteiger partial charge in [0.2, 0.25) is 0 Å². The Balaban J connectivity index is 0.000000148. The molecule has 5 fully saturated rings. The van der Waals surface area contributed by atoms with E-state index in [2.05, 4.69) is 178 Å². The van der Waals surface area contributed by atoms with Crippen LogP contribution in [-0.4, -0.2) is 136 Å². The molecular formula is C75H104BrN21O4. The van der Waals surface area contributed by atoms with Crippen LogP contribution in [-0.2, 0) is 46.2 Å². The third kappa shape index (κ3) is 20.1. The van der Waals surface area contributed by atoms with Gasteiger partial charge in [0.25, 0.3) is 11.4 Å². The first-order chi connectivity index (χ1) is 48.6. The van der Waals surface area contributed by atoms with E-state index in [9.17, 15) is 20.2 Å². The first-order valence-electron chi connectivity index (χ1n) is 36.0. The van der Waals surface area contributed by atoms with Crippen molar-refractivity contribution in [3.63, 3.8) is 0 Å². The van der Waals surface area contributed by atoms with Crippen LogP contribution in [0.2, 0.25) is 0 Å². The largest absolute Gasteiger partial charge is 0.397 e. The van der Waals surface area contributed by atoms with E-state index in [1.165, 1.54) is 74.3 Å². The molecule has 5 saturated heterocycles. The van der Waals surface area contributed by atoms with Crippen molar-refractivity contribution < 1.29 is 9.85 Å². The number of nitrogens with one attached hydrogen (secondary N) is 2. The van der Waals surface area contributed by atoms with E-state index in [0.29, 0.717) is 28.9 Å². The number of imidazole rings is 2. The van der Waals surface area contributed by atoms with Crippen LogP contribution in [0.15, 0.2) is 103 Å². The molecule has 4 N–H and O–H groups in total. The Morgan fingerprint density at radius 3 is 1.41 bits per heavy atom. The number of anilines is 9. The topological polar surface area (TPSA) is 278 Å². The minimum atomic E-state index is -0.418. The molecule has 540 valence electrons. The molecule has 5 atom stereocenters. The smallest absolute Gasteiger partial charge is 0.290 e. The average molecular weight is 1440 g/mol. The van der Waals surface area contributed by atoms with Gasteiger partial charge in [0.15, 0.2) is 0 Å². The maximum absolute atomic E-state index is 10.8. The molecule has 5 aliphatic heterocycles. The Bertz CT molecular complexity index is 4220. The van der Waals surface area contributed by atoms with E-state index in [-0.39, 0.29) is 16.3 Å². The summed E-state index contributed by atoms with van der Waals surface area (Å²) >= 11 is 3.15. The van der Waals surface area contributed by atoms with Gasteiger partial charge >= 0.3 is 0 Å². The van der Waals surface area contributed by atoms with Crippen LogP contribution in [0.4, 0.5) is 63.3 Å². The van der Waals surface area contributed by atoms with Gasteiger partial charge < -0.3 is 50.0 Å². The first-order valence-corrected chi connectivity index (χ1v) is 36.8. The van der Waals surface area contributed by atoms with Crippen molar-refractivity contribution in [2.75, 3.05) is 108 Å². The molecule has 101 heavy (non-hydrogen) atoms. The van der Waals surface area contributed by atoms with Crippen molar-refractivity contribution in [1.29, 1.82) is 0 Å². The fourth-order valence-corrected chi connectivity index (χ4v) is 13.6. The molecule has 0 radical (unpaired) electrons. The molecule has 5 aliphatic rings. The summed E-state index contributed by atoms with van der Waals surface area (Å²) in [6.45, 7) is 32.8. The quantitative estimate of drug-likeness (QED) is 0.0488. The number of fused-ring (bicyclic) bond motifs is 2. The highest BCUT2D eigenvalue weighted by atomic mass is 79.9. The molecular weight excluding hydrogens is 1340 g/mol. The molecule has 0 spiro atoms. The second-order valence-electron chi connectivity index (χ2n) is 27.6. The number of halogens is 1. The molecule has 25 nitrogen and oxygen atoms in total. The number of pyridine rings is 7. The van der Waals surface area contributed by atoms with Crippen LogP contribution in [0.1, 0.15) is 129 Å². The van der Waals surface area contributed by atoms with Gasteiger partial charge in [0, 0.05) is 96.8 Å². The molecule has 9 aromatic heterocycles. The van der Waals surface area contributed by atoms with Gasteiger partial charge in [-0.1, -0.05) is 69.2 Å². The highest BCUT2D eigenvalue weighted by molar-refractivity contribution is 9.10. The number of hydrogen-bond donors (Lipinski definition) is 3. The summed E-state index contributed by atoms with van der Waals surface area (Å²) in [5.41, 5.74) is 18.2. The summed E-state index contributed by atoms with van der Waals surface area (Å²) in [6.07, 6.45) is 26.1. The van der Waals surface area contributed by atoms with E-state index >= 15 is 0 Å². The van der Waals surface area contributed by atoms with Crippen LogP contribution >= 0.6 is 15.9 Å². The Morgan fingerprint density at radius 1 is 0.515 bits per heavy atom. The molecule has 14 heterocycles. The minimum absolute atomic E-state index is 0.0840. The van der Waals surface area contributed by atoms with Gasteiger partial charge in [-0.15, -0.1) is 0 Å². The highest BCUT2D eigenvalue weighted by Gasteiger charge is 2.26. The van der Waals surface area contributed by atoms with E-state index in [1.807, 2.05) is 74.1 Å². The summed E-state index contributed by atoms with van der Waals surface area (Å²) in [7, 11) is 6.05. The fraction of sp³-hybridized carbons (Fsp3) is 0.507. The van der Waals surface area contributed by atoms with Crippen molar-refractivity contribution in [1.82, 2.24) is 59.3 Å². The van der Waals surface area contributed by atoms with Gasteiger partial charge in [-0.3, -0.25) is 20.2 Å². The van der Waals surface area contributed by atoms with Crippen LogP contribution < -0.4 is 40.9 Å². The number of nitro groups is 2. The highest BCUT2D eigenvalue weighted by Crippen LogP contribution is 2.34. The maximum Gasteiger partial charge on any atom is 0.290 e. The predicted molar refractivity (Wildman–Crippen MR) is 412 cm³/mol. The van der Waals surface area contributed by atoms with Gasteiger partial charge in [0.1, 0.15) is 62.9 Å². The van der Waals surface area contributed by atoms with Gasteiger partial charge in [-0.05, 0) is 170 Å². The average Bonchev–Trinajstić information content (AvgIpc) is 1.38. The Morgan fingerprint density at radius 2 is 0.950 bits per heavy atom. The molecule has 0 aliphatic carbocycles. The molecule has 14 rings (SSSR count). The van der Waals surface area contributed by atoms with Crippen molar-refractivity contribution in [2.24, 2.45) is 43.7 Å². The lowest BCUT2D eigenvalue weighted by Gasteiger charge is -2.24. The van der Waals surface area contributed by atoms with Gasteiger partial charge in [-0.2, -0.15) is 0 Å². The van der Waals surface area contributed by atoms with E-state index in [4.69, 9.17) is 10.7 Å². The molecule has 0 amide bonds. The third-order valence-electron chi connectivity index (χ3n) is 19.6. The molecule has 0 unspecified atom stereocenters. The second kappa shape index (κ2) is 35.9. The number of aryl methyl sites for hydroxylation is 7. The number of nitrogens with two attached hydrogens (primary N) is 1. The standard InChI is InChI=1S/C20H26N6.C19H24N6.C12H17N3O2.C12H19N3.C7H7BrN2O2.C5H11N/c1-5-15-8-20(26-7-6-14(2)12-26)22-11-18(15)25(4)19-9-17-16(10-21-19)23-13-24(17)3;1-4-14-7-19(25-6-5-13(2)11-25)21-9-15(14)23-18-8-17-16(10-20-18)22-12-24(17)3;1-3-10-6-12(13-7-11(10)15(16)17)14-5-4-9(2)8-14;1-3-10-6-12(14-7-11(10)13)15-5-4-9(2)8-15;1-2-5-3-7(8)9-4-6(5)10(11)12;1-5-2-3-6-4-5/h8-11,13-14H,5-7,12H2,1-4H3;7-10,12-13H,4-6,11H2,1-3H3,(H,20,23);6-7,9H,3-5,8H2,1-2H3;6-7,9H,3-5,8,13H2,1-2H3;3-4H,2H2,1H3;5-6H,2-4H2,1H3/t14-;13-;2*9-;;5-/m0000.0/s1. The summed E-state index contributed by atoms with van der Waals surface area (Å²) in [5.74, 6) is 9.76. The zero-order valence-electron chi connectivity index (χ0n) is 61.4. The monoisotopic (exact) mass is 1440 g/mol. The summed E-state index contributed by atoms with van der Waals surface area (Å²) in [5, 5.41) is 28.0. The number of aromatic nitrogens is 11. The third-order valence-corrected chi connectivity index (χ3v) is 20.0. The number of rotatable bonds is 15. The zero-order chi connectivity index (χ0) is 72.4. The second-order valence-corrected chi connectivity index (χ2v) is 28.5. The fourth-order valence-electron chi connectivity index (χ4n) is 13.2. The molecule has 26 heteroatoms. The Labute approximate surface area is 603 Å². The van der Waals surface area contributed by atoms with Crippen LogP contribution in [0.5, 0.6) is 0 Å². The minimum Gasteiger partial charge on any atom is -0.397 e. The number of nitrogens with zero attached hydrogens (tertiary/aromatic N) is 18. The van der Waals surface area contributed by atoms with Crippen molar-refractivity contribution in [2.45, 2.75) is 133 Å². The van der Waals surface area contributed by atoms with Crippen LogP contribution in [0, 0.1) is 49.8 Å². The normalized spacial score (nSPS) is 18.4. The zero-order valence-corrected chi connectivity index (χ0v) is 63.0. The molecule has 0 bridgehead atoms. The lowest BCUT2D eigenvalue weighted by Crippen LogP contribution is -2.21. The summed E-state index contributed by atoms with van der Waals surface area (Å²) in [6, 6.07) is 14.2. The summed E-state index contributed by atoms with van der Waals surface area (Å²) in [4.78, 5) is 71.5. The summed E-state index contributed by atoms with van der Waals surface area (Å²) < 4.78 is 4.65. The van der Waals surface area contributed by atoms with E-state index < -0.39 is 4.92 Å².